The van der Waals surface area contributed by atoms with Crippen LogP contribution in [0.15, 0.2) is 45.9 Å². The molecule has 2 aromatic heterocycles. The average Bonchev–Trinajstić information content (AvgIpc) is 3.24. The number of hydrogen-bond acceptors (Lipinski definition) is 6. The van der Waals surface area contributed by atoms with Gasteiger partial charge in [-0.3, -0.25) is 0 Å². The van der Waals surface area contributed by atoms with E-state index in [1.54, 1.807) is 32.2 Å². The number of nitrogens with one attached hydrogen (secondary N) is 1. The highest BCUT2D eigenvalue weighted by molar-refractivity contribution is 7.91. The molecule has 3 aromatic rings. The summed E-state index contributed by atoms with van der Waals surface area (Å²) >= 11 is 0. The van der Waals surface area contributed by atoms with Gasteiger partial charge in [0.05, 0.1) is 25.6 Å². The normalized spacial score (nSPS) is 14.6. The van der Waals surface area contributed by atoms with Crippen LogP contribution < -0.4 is 19.9 Å². The number of carbonyl (C=O) groups is 1. The van der Waals surface area contributed by atoms with E-state index < -0.39 is 21.8 Å². The van der Waals surface area contributed by atoms with Crippen LogP contribution in [0.25, 0.3) is 11.1 Å². The Bertz CT molecular complexity index is 1360. The van der Waals surface area contributed by atoms with Crippen LogP contribution in [0.3, 0.4) is 0 Å². The number of urea groups is 1. The fraction of sp³-hybridized carbons (Fsp3) is 0.318. The van der Waals surface area contributed by atoms with Gasteiger partial charge in [-0.2, -0.15) is 5.10 Å². The fourth-order valence-corrected chi connectivity index (χ4v) is 4.77. The SMILES string of the molecule is COc1cc(-c2ccc(F)c(C(C)C)c2NC(=O)N=[S@@](N)(=O)c2cnn3c2OCCC3)ccn1. The van der Waals surface area contributed by atoms with Crippen molar-refractivity contribution in [1.29, 1.82) is 0 Å². The fourth-order valence-electron chi connectivity index (χ4n) is 3.77. The monoisotopic (exact) mass is 488 g/mol. The number of benzene rings is 1. The van der Waals surface area contributed by atoms with Gasteiger partial charge in [-0.25, -0.2) is 28.2 Å². The van der Waals surface area contributed by atoms with E-state index in [1.807, 2.05) is 0 Å². The van der Waals surface area contributed by atoms with Gasteiger partial charge in [0, 0.05) is 36.4 Å². The first-order chi connectivity index (χ1) is 16.2. The number of hydrogen-bond donors (Lipinski definition) is 2. The molecule has 0 radical (unpaired) electrons. The van der Waals surface area contributed by atoms with E-state index in [0.29, 0.717) is 30.2 Å². The molecular formula is C22H25FN6O4S. The van der Waals surface area contributed by atoms with Gasteiger partial charge in [0.1, 0.15) is 10.7 Å². The number of nitrogens with zero attached hydrogens (tertiary/aromatic N) is 4. The highest BCUT2D eigenvalue weighted by Gasteiger charge is 2.25. The molecule has 0 fully saturated rings. The summed E-state index contributed by atoms with van der Waals surface area (Å²) in [6.07, 6.45) is 3.58. The molecule has 0 saturated carbocycles. The molecule has 12 heteroatoms. The van der Waals surface area contributed by atoms with Gasteiger partial charge in [0.15, 0.2) is 9.92 Å². The quantitative estimate of drug-likeness (QED) is 0.559. The highest BCUT2D eigenvalue weighted by Crippen LogP contribution is 2.37. The maximum absolute atomic E-state index is 14.8. The highest BCUT2D eigenvalue weighted by atomic mass is 32.2. The largest absolute Gasteiger partial charge is 0.481 e. The number of ether oxygens (including phenoxy) is 2. The van der Waals surface area contributed by atoms with Gasteiger partial charge in [-0.15, -0.1) is 4.36 Å². The number of pyridine rings is 1. The molecule has 4 rings (SSSR count). The first-order valence-electron chi connectivity index (χ1n) is 10.6. The molecule has 0 aliphatic carbocycles. The van der Waals surface area contributed by atoms with Crippen LogP contribution in [0, 0.1) is 5.82 Å². The number of carbonyl (C=O) groups excluding carboxylic acids is 1. The lowest BCUT2D eigenvalue weighted by Crippen LogP contribution is -2.21. The number of rotatable bonds is 5. The van der Waals surface area contributed by atoms with E-state index in [0.717, 1.165) is 6.42 Å². The first-order valence-corrected chi connectivity index (χ1v) is 12.2. The van der Waals surface area contributed by atoms with E-state index in [4.69, 9.17) is 14.6 Å². The van der Waals surface area contributed by atoms with Gasteiger partial charge >= 0.3 is 6.03 Å². The van der Waals surface area contributed by atoms with Crippen molar-refractivity contribution in [2.45, 2.75) is 37.6 Å². The van der Waals surface area contributed by atoms with Crippen molar-refractivity contribution >= 4 is 21.6 Å². The molecule has 0 spiro atoms. The Morgan fingerprint density at radius 2 is 2.18 bits per heavy atom. The topological polar surface area (TPSA) is 134 Å². The number of anilines is 1. The zero-order chi connectivity index (χ0) is 24.5. The van der Waals surface area contributed by atoms with E-state index in [-0.39, 0.29) is 27.9 Å². The van der Waals surface area contributed by atoms with Crippen molar-refractivity contribution in [2.24, 2.45) is 9.50 Å². The van der Waals surface area contributed by atoms with Crippen LogP contribution in [-0.2, 0) is 16.5 Å². The molecule has 1 aliphatic heterocycles. The molecule has 1 atom stereocenters. The Morgan fingerprint density at radius 3 is 2.91 bits per heavy atom. The molecule has 2 amide bonds. The summed E-state index contributed by atoms with van der Waals surface area (Å²) in [6.45, 7) is 4.59. The van der Waals surface area contributed by atoms with E-state index in [9.17, 15) is 13.4 Å². The number of methoxy groups -OCH3 is 1. The lowest BCUT2D eigenvalue weighted by Gasteiger charge is -2.19. The standard InChI is InChI=1S/C22H25FN6O4S/c1-13(2)19-16(23)6-5-15(14-7-8-25-18(11-14)32-3)20(19)27-22(30)28-34(24,31)17-12-26-29-9-4-10-33-21(17)29/h5-8,11-13H,4,9-10H2,1-3H3,(H3,24,27,28,30,31)/t34-/m1/s1. The van der Waals surface area contributed by atoms with Gasteiger partial charge in [0.25, 0.3) is 0 Å². The second kappa shape index (κ2) is 9.39. The van der Waals surface area contributed by atoms with Crippen LogP contribution in [-0.4, -0.2) is 38.7 Å². The molecule has 0 unspecified atom stereocenters. The smallest absolute Gasteiger partial charge is 0.354 e. The molecule has 3 heterocycles. The molecule has 1 aromatic carbocycles. The maximum atomic E-state index is 14.8. The van der Waals surface area contributed by atoms with Crippen LogP contribution in [0.2, 0.25) is 0 Å². The third-order valence-electron chi connectivity index (χ3n) is 5.30. The lowest BCUT2D eigenvalue weighted by molar-refractivity contribution is 0.224. The van der Waals surface area contributed by atoms with E-state index in [1.165, 1.54) is 30.1 Å². The minimum absolute atomic E-state index is 0.0322. The Hall–Kier alpha value is -3.51. The van der Waals surface area contributed by atoms with Crippen molar-refractivity contribution in [3.63, 3.8) is 0 Å². The molecule has 10 nitrogen and oxygen atoms in total. The molecule has 34 heavy (non-hydrogen) atoms. The van der Waals surface area contributed by atoms with Crippen molar-refractivity contribution in [2.75, 3.05) is 19.0 Å². The third-order valence-corrected chi connectivity index (χ3v) is 6.65. The van der Waals surface area contributed by atoms with Crippen LogP contribution in [0.4, 0.5) is 14.9 Å². The summed E-state index contributed by atoms with van der Waals surface area (Å²) in [5.74, 6) is -0.195. The Kier molecular flexibility index (Phi) is 6.53. The Labute approximate surface area is 196 Å². The van der Waals surface area contributed by atoms with Crippen molar-refractivity contribution < 1.29 is 22.9 Å². The van der Waals surface area contributed by atoms with Crippen LogP contribution >= 0.6 is 0 Å². The van der Waals surface area contributed by atoms with E-state index >= 15 is 0 Å². The van der Waals surface area contributed by atoms with Crippen molar-refractivity contribution in [3.05, 3.63) is 48.0 Å². The summed E-state index contributed by atoms with van der Waals surface area (Å²) in [5, 5.41) is 12.7. The second-order valence-electron chi connectivity index (χ2n) is 7.95. The predicted molar refractivity (Wildman–Crippen MR) is 125 cm³/mol. The zero-order valence-electron chi connectivity index (χ0n) is 18.9. The van der Waals surface area contributed by atoms with Gasteiger partial charge in [-0.1, -0.05) is 13.8 Å². The van der Waals surface area contributed by atoms with Crippen molar-refractivity contribution in [1.82, 2.24) is 14.8 Å². The summed E-state index contributed by atoms with van der Waals surface area (Å²) in [5.41, 5.74) is 1.62. The summed E-state index contributed by atoms with van der Waals surface area (Å²) in [4.78, 5) is 17.0. The number of aryl methyl sites for hydroxylation is 1. The van der Waals surface area contributed by atoms with Crippen LogP contribution in [0.1, 0.15) is 31.7 Å². The minimum atomic E-state index is -3.68. The van der Waals surface area contributed by atoms with E-state index in [2.05, 4.69) is 19.8 Å². The number of amides is 2. The van der Waals surface area contributed by atoms with Gasteiger partial charge in [-0.05, 0) is 29.7 Å². The van der Waals surface area contributed by atoms with Gasteiger partial charge in [0.2, 0.25) is 11.8 Å². The predicted octanol–water partition coefficient (Wildman–Crippen LogP) is 3.93. The first kappa shape index (κ1) is 23.6. The molecule has 1 aliphatic rings. The Morgan fingerprint density at radius 1 is 1.38 bits per heavy atom. The number of halogens is 1. The summed E-state index contributed by atoms with van der Waals surface area (Å²) in [6, 6.07) is 5.24. The maximum Gasteiger partial charge on any atom is 0.354 e. The molecule has 180 valence electrons. The molecule has 0 bridgehead atoms. The summed E-state index contributed by atoms with van der Waals surface area (Å²) < 4.78 is 43.9. The van der Waals surface area contributed by atoms with Crippen LogP contribution in [0.5, 0.6) is 11.8 Å². The third kappa shape index (κ3) is 4.59. The minimum Gasteiger partial charge on any atom is -0.481 e. The molecule has 0 saturated heterocycles. The number of aromatic nitrogens is 3. The zero-order valence-corrected chi connectivity index (χ0v) is 19.8. The average molecular weight is 489 g/mol. The second-order valence-corrected chi connectivity index (χ2v) is 9.71. The molecule has 3 N–H and O–H groups in total. The Balaban J connectivity index is 1.77. The lowest BCUT2D eigenvalue weighted by atomic mass is 9.94. The number of fused-ring (bicyclic) bond motifs is 1. The summed E-state index contributed by atoms with van der Waals surface area (Å²) in [7, 11) is -2.20. The number of nitrogens with two attached hydrogens (primary N) is 1. The van der Waals surface area contributed by atoms with Gasteiger partial charge < -0.3 is 14.8 Å². The van der Waals surface area contributed by atoms with Crippen molar-refractivity contribution in [3.8, 4) is 22.9 Å². The molecular weight excluding hydrogens is 463 g/mol.